The van der Waals surface area contributed by atoms with Crippen molar-refractivity contribution in [2.75, 3.05) is 23.5 Å². The van der Waals surface area contributed by atoms with Gasteiger partial charge in [-0.3, -0.25) is 0 Å². The minimum Gasteiger partial charge on any atom is -0.369 e. The number of nitrogens with one attached hydrogen (secondary N) is 2. The van der Waals surface area contributed by atoms with Crippen molar-refractivity contribution in [1.82, 2.24) is 9.97 Å². The third-order valence-electron chi connectivity index (χ3n) is 2.37. The Balaban J connectivity index is 2.72. The van der Waals surface area contributed by atoms with Crippen LogP contribution in [0.3, 0.4) is 0 Å². The summed E-state index contributed by atoms with van der Waals surface area (Å²) in [4.78, 5) is 8.75. The monoisotopic (exact) mass is 255 g/mol. The Bertz CT molecular complexity index is 345. The van der Waals surface area contributed by atoms with E-state index in [2.05, 4.69) is 40.8 Å². The van der Waals surface area contributed by atoms with E-state index < -0.39 is 0 Å². The summed E-state index contributed by atoms with van der Waals surface area (Å²) in [5.41, 5.74) is 2.57. The van der Waals surface area contributed by atoms with Gasteiger partial charge in [-0.1, -0.05) is 13.8 Å². The molecule has 0 amide bonds. The highest BCUT2D eigenvalue weighted by Gasteiger charge is 2.05. The fourth-order valence-electron chi connectivity index (χ4n) is 1.33. The summed E-state index contributed by atoms with van der Waals surface area (Å²) in [5.74, 6) is 7.70. The van der Waals surface area contributed by atoms with Crippen LogP contribution in [0.15, 0.2) is 6.07 Å². The van der Waals surface area contributed by atoms with Crippen molar-refractivity contribution >= 4 is 23.4 Å². The molecular weight excluding hydrogens is 234 g/mol. The van der Waals surface area contributed by atoms with Crippen molar-refractivity contribution in [2.24, 2.45) is 5.84 Å². The van der Waals surface area contributed by atoms with Crippen molar-refractivity contribution in [2.45, 2.75) is 31.9 Å². The summed E-state index contributed by atoms with van der Waals surface area (Å²) in [6.45, 7) is 5.16. The number of thioether (sulfide) groups is 1. The maximum atomic E-state index is 5.39. The van der Waals surface area contributed by atoms with Crippen molar-refractivity contribution in [1.29, 1.82) is 0 Å². The second kappa shape index (κ2) is 7.34. The molecule has 0 aliphatic carbocycles. The fourth-order valence-corrected chi connectivity index (χ4v) is 1.58. The lowest BCUT2D eigenvalue weighted by molar-refractivity contribution is 0.833. The van der Waals surface area contributed by atoms with Crippen LogP contribution in [-0.2, 0) is 6.42 Å². The summed E-state index contributed by atoms with van der Waals surface area (Å²) >= 11 is 1.82. The van der Waals surface area contributed by atoms with Crippen LogP contribution in [0, 0.1) is 0 Å². The van der Waals surface area contributed by atoms with Gasteiger partial charge in [-0.25, -0.2) is 15.8 Å². The smallest absolute Gasteiger partial charge is 0.145 e. The molecule has 1 heterocycles. The van der Waals surface area contributed by atoms with Gasteiger partial charge in [-0.15, -0.1) is 0 Å². The maximum Gasteiger partial charge on any atom is 0.145 e. The second-order valence-corrected chi connectivity index (χ2v) is 5.15. The van der Waals surface area contributed by atoms with Gasteiger partial charge in [0.05, 0.1) is 0 Å². The highest BCUT2D eigenvalue weighted by molar-refractivity contribution is 7.99. The Morgan fingerprint density at radius 3 is 2.71 bits per heavy atom. The number of hydrazine groups is 1. The zero-order chi connectivity index (χ0) is 12.7. The van der Waals surface area contributed by atoms with E-state index in [4.69, 9.17) is 5.84 Å². The molecule has 96 valence electrons. The molecule has 0 aliphatic heterocycles. The number of nitrogens with zero attached hydrogens (tertiary/aromatic N) is 2. The number of aromatic nitrogens is 2. The molecule has 0 bridgehead atoms. The normalized spacial score (nSPS) is 12.2. The Morgan fingerprint density at radius 1 is 1.41 bits per heavy atom. The van der Waals surface area contributed by atoms with E-state index in [1.165, 1.54) is 0 Å². The van der Waals surface area contributed by atoms with Gasteiger partial charge in [-0.05, 0) is 12.7 Å². The van der Waals surface area contributed by atoms with Crippen LogP contribution in [0.5, 0.6) is 0 Å². The van der Waals surface area contributed by atoms with Gasteiger partial charge < -0.3 is 10.7 Å². The Labute approximate surface area is 107 Å². The number of hydrogen-bond acceptors (Lipinski definition) is 6. The molecule has 0 aliphatic rings. The van der Waals surface area contributed by atoms with Gasteiger partial charge >= 0.3 is 0 Å². The van der Waals surface area contributed by atoms with E-state index in [9.17, 15) is 0 Å². The Hall–Kier alpha value is -1.01. The average Bonchev–Trinajstić information content (AvgIpc) is 2.36. The fraction of sp³-hybridized carbons (Fsp3) is 0.636. The lowest BCUT2D eigenvalue weighted by Gasteiger charge is -2.12. The quantitative estimate of drug-likeness (QED) is 0.510. The molecule has 6 heteroatoms. The van der Waals surface area contributed by atoms with Crippen molar-refractivity contribution in [3.63, 3.8) is 0 Å². The highest BCUT2D eigenvalue weighted by atomic mass is 32.2. The van der Waals surface area contributed by atoms with Crippen LogP contribution in [0.4, 0.5) is 11.6 Å². The number of aryl methyl sites for hydroxylation is 1. The molecule has 0 saturated heterocycles. The molecule has 0 saturated carbocycles. The molecule has 0 fully saturated rings. The molecule has 0 radical (unpaired) electrons. The van der Waals surface area contributed by atoms with Crippen LogP contribution < -0.4 is 16.6 Å². The van der Waals surface area contributed by atoms with Gasteiger partial charge in [0.1, 0.15) is 17.5 Å². The molecule has 1 rings (SSSR count). The summed E-state index contributed by atoms with van der Waals surface area (Å²) in [5, 5.41) is 3.85. The topological polar surface area (TPSA) is 75.9 Å². The van der Waals surface area contributed by atoms with Gasteiger partial charge in [0.15, 0.2) is 0 Å². The molecular formula is C11H21N5S. The van der Waals surface area contributed by atoms with E-state index in [-0.39, 0.29) is 0 Å². The molecule has 5 nitrogen and oxygen atoms in total. The third kappa shape index (κ3) is 4.79. The van der Waals surface area contributed by atoms with Gasteiger partial charge in [0.2, 0.25) is 0 Å². The molecule has 1 atom stereocenters. The first-order chi connectivity index (χ1) is 8.19. The molecule has 1 unspecified atom stereocenters. The minimum absolute atomic E-state index is 0.550. The first-order valence-electron chi connectivity index (χ1n) is 5.80. The zero-order valence-electron chi connectivity index (χ0n) is 10.7. The number of anilines is 2. The van der Waals surface area contributed by atoms with E-state index in [1.54, 1.807) is 0 Å². The largest absolute Gasteiger partial charge is 0.369 e. The van der Waals surface area contributed by atoms with Crippen LogP contribution >= 0.6 is 11.8 Å². The van der Waals surface area contributed by atoms with Crippen molar-refractivity contribution in [3.8, 4) is 0 Å². The predicted molar refractivity (Wildman–Crippen MR) is 75.3 cm³/mol. The molecule has 17 heavy (non-hydrogen) atoms. The summed E-state index contributed by atoms with van der Waals surface area (Å²) in [6, 6.07) is 1.83. The van der Waals surface area contributed by atoms with E-state index in [0.717, 1.165) is 31.0 Å². The molecule has 4 N–H and O–H groups in total. The highest BCUT2D eigenvalue weighted by Crippen LogP contribution is 2.13. The summed E-state index contributed by atoms with van der Waals surface area (Å²) in [7, 11) is 0. The Kier molecular flexibility index (Phi) is 6.07. The van der Waals surface area contributed by atoms with Crippen molar-refractivity contribution in [3.05, 3.63) is 11.9 Å². The van der Waals surface area contributed by atoms with Crippen LogP contribution in [0.25, 0.3) is 0 Å². The third-order valence-corrected chi connectivity index (χ3v) is 3.34. The van der Waals surface area contributed by atoms with Crippen molar-refractivity contribution < 1.29 is 0 Å². The Morgan fingerprint density at radius 2 is 2.12 bits per heavy atom. The minimum atomic E-state index is 0.550. The first-order valence-corrected chi connectivity index (χ1v) is 7.09. The molecule has 1 aromatic heterocycles. The van der Waals surface area contributed by atoms with Crippen LogP contribution in [-0.4, -0.2) is 28.0 Å². The summed E-state index contributed by atoms with van der Waals surface area (Å²) < 4.78 is 0. The average molecular weight is 255 g/mol. The standard InChI is InChI=1S/C11H21N5S/c1-4-5-9-14-10(6-11(15-9)16-12)13-7-8(2)17-3/h6,8H,4-5,7,12H2,1-3H3,(H2,13,14,15,16). The zero-order valence-corrected chi connectivity index (χ0v) is 11.5. The van der Waals surface area contributed by atoms with Gasteiger partial charge in [0, 0.05) is 24.3 Å². The maximum absolute atomic E-state index is 5.39. The first kappa shape index (κ1) is 14.1. The lowest BCUT2D eigenvalue weighted by Crippen LogP contribution is -2.16. The second-order valence-electron chi connectivity index (χ2n) is 3.88. The summed E-state index contributed by atoms with van der Waals surface area (Å²) in [6.07, 6.45) is 3.98. The number of rotatable bonds is 7. The molecule has 1 aromatic rings. The van der Waals surface area contributed by atoms with E-state index >= 15 is 0 Å². The lowest BCUT2D eigenvalue weighted by atomic mass is 10.3. The number of hydrogen-bond donors (Lipinski definition) is 3. The van der Waals surface area contributed by atoms with E-state index in [0.29, 0.717) is 11.1 Å². The number of nitrogens with two attached hydrogens (primary N) is 1. The molecule has 0 spiro atoms. The molecule has 0 aromatic carbocycles. The SMILES string of the molecule is CCCc1nc(NN)cc(NCC(C)SC)n1. The number of nitrogen functional groups attached to an aromatic ring is 1. The van der Waals surface area contributed by atoms with Gasteiger partial charge in [-0.2, -0.15) is 11.8 Å². The van der Waals surface area contributed by atoms with E-state index in [1.807, 2.05) is 17.8 Å². The predicted octanol–water partition coefficient (Wildman–Crippen LogP) is 1.88. The van der Waals surface area contributed by atoms with Gasteiger partial charge in [0.25, 0.3) is 0 Å². The van der Waals surface area contributed by atoms with Crippen LogP contribution in [0.2, 0.25) is 0 Å². The van der Waals surface area contributed by atoms with Crippen LogP contribution in [0.1, 0.15) is 26.1 Å².